The second kappa shape index (κ2) is 7.65. The van der Waals surface area contributed by atoms with Gasteiger partial charge in [-0.3, -0.25) is 4.79 Å². The van der Waals surface area contributed by atoms with Gasteiger partial charge in [0.05, 0.1) is 7.11 Å². The Morgan fingerprint density at radius 3 is 2.15 bits per heavy atom. The number of nitrogens with one attached hydrogen (secondary N) is 1. The van der Waals surface area contributed by atoms with Gasteiger partial charge >= 0.3 is 5.97 Å². The summed E-state index contributed by atoms with van der Waals surface area (Å²) in [5.41, 5.74) is 0.736. The smallest absolute Gasteiger partial charge is 0.328 e. The SMILES string of the molecule is COC(=O)C(NC(=O)C(OC)c1ccccc1)C(C)C. The van der Waals surface area contributed by atoms with Gasteiger partial charge in [-0.2, -0.15) is 0 Å². The van der Waals surface area contributed by atoms with Crippen LogP contribution in [0.1, 0.15) is 25.5 Å². The molecule has 0 fully saturated rings. The zero-order chi connectivity index (χ0) is 15.1. The fourth-order valence-corrected chi connectivity index (χ4v) is 1.88. The normalized spacial score (nSPS) is 13.7. The molecule has 5 nitrogen and oxygen atoms in total. The Labute approximate surface area is 119 Å². The first-order valence-corrected chi connectivity index (χ1v) is 6.47. The molecule has 2 unspecified atom stereocenters. The molecule has 1 rings (SSSR count). The Balaban J connectivity index is 2.84. The molecule has 1 aromatic carbocycles. The summed E-state index contributed by atoms with van der Waals surface area (Å²) < 4.78 is 9.93. The maximum atomic E-state index is 12.3. The van der Waals surface area contributed by atoms with E-state index >= 15 is 0 Å². The minimum Gasteiger partial charge on any atom is -0.467 e. The minimum absolute atomic E-state index is 0.0697. The summed E-state index contributed by atoms with van der Waals surface area (Å²) in [4.78, 5) is 23.9. The van der Waals surface area contributed by atoms with Crippen molar-refractivity contribution >= 4 is 11.9 Å². The van der Waals surface area contributed by atoms with Crippen LogP contribution in [0, 0.1) is 5.92 Å². The molecule has 0 aromatic heterocycles. The lowest BCUT2D eigenvalue weighted by Crippen LogP contribution is -2.47. The Morgan fingerprint density at radius 1 is 1.10 bits per heavy atom. The van der Waals surface area contributed by atoms with Gasteiger partial charge in [-0.1, -0.05) is 44.2 Å². The molecule has 0 aliphatic rings. The number of rotatable bonds is 6. The highest BCUT2D eigenvalue weighted by Gasteiger charge is 2.29. The van der Waals surface area contributed by atoms with Crippen molar-refractivity contribution in [3.8, 4) is 0 Å². The maximum absolute atomic E-state index is 12.3. The molecule has 0 aliphatic heterocycles. The predicted octanol–water partition coefficient (Wildman–Crippen LogP) is 1.69. The van der Waals surface area contributed by atoms with Crippen molar-refractivity contribution in [1.82, 2.24) is 5.32 Å². The second-order valence-electron chi connectivity index (χ2n) is 4.78. The van der Waals surface area contributed by atoms with Crippen LogP contribution < -0.4 is 5.32 Å². The molecule has 1 N–H and O–H groups in total. The van der Waals surface area contributed by atoms with Gasteiger partial charge in [0, 0.05) is 7.11 Å². The summed E-state index contributed by atoms with van der Waals surface area (Å²) >= 11 is 0. The van der Waals surface area contributed by atoms with Crippen molar-refractivity contribution in [3.05, 3.63) is 35.9 Å². The lowest BCUT2D eigenvalue weighted by molar-refractivity contribution is -0.148. The van der Waals surface area contributed by atoms with Crippen molar-refractivity contribution in [2.45, 2.75) is 26.0 Å². The first-order valence-electron chi connectivity index (χ1n) is 6.47. The average Bonchev–Trinajstić information content (AvgIpc) is 2.45. The Bertz CT molecular complexity index is 444. The maximum Gasteiger partial charge on any atom is 0.328 e. The van der Waals surface area contributed by atoms with Crippen molar-refractivity contribution in [2.24, 2.45) is 5.92 Å². The highest BCUT2D eigenvalue weighted by molar-refractivity contribution is 5.87. The van der Waals surface area contributed by atoms with Gasteiger partial charge in [0.25, 0.3) is 5.91 Å². The van der Waals surface area contributed by atoms with Gasteiger partial charge in [-0.25, -0.2) is 4.79 Å². The highest BCUT2D eigenvalue weighted by Crippen LogP contribution is 2.17. The van der Waals surface area contributed by atoms with E-state index in [4.69, 9.17) is 9.47 Å². The molecule has 0 saturated carbocycles. The van der Waals surface area contributed by atoms with Crippen LogP contribution in [0.3, 0.4) is 0 Å². The van der Waals surface area contributed by atoms with Crippen LogP contribution >= 0.6 is 0 Å². The Hall–Kier alpha value is -1.88. The monoisotopic (exact) mass is 279 g/mol. The number of hydrogen-bond donors (Lipinski definition) is 1. The van der Waals surface area contributed by atoms with E-state index in [1.165, 1.54) is 14.2 Å². The minimum atomic E-state index is -0.748. The third-order valence-corrected chi connectivity index (χ3v) is 3.00. The Kier molecular flexibility index (Phi) is 6.18. The third-order valence-electron chi connectivity index (χ3n) is 3.00. The molecule has 0 aliphatic carbocycles. The fourth-order valence-electron chi connectivity index (χ4n) is 1.88. The lowest BCUT2D eigenvalue weighted by atomic mass is 10.0. The van der Waals surface area contributed by atoms with Crippen LogP contribution in [0.2, 0.25) is 0 Å². The van der Waals surface area contributed by atoms with Crippen LogP contribution in [0.4, 0.5) is 0 Å². The largest absolute Gasteiger partial charge is 0.467 e. The first kappa shape index (κ1) is 16.2. The van der Waals surface area contributed by atoms with E-state index in [9.17, 15) is 9.59 Å². The summed E-state index contributed by atoms with van der Waals surface area (Å²) in [5.74, 6) is -0.890. The molecular formula is C15H21NO4. The Morgan fingerprint density at radius 2 is 1.70 bits per heavy atom. The van der Waals surface area contributed by atoms with Crippen molar-refractivity contribution in [1.29, 1.82) is 0 Å². The molecule has 20 heavy (non-hydrogen) atoms. The van der Waals surface area contributed by atoms with Gasteiger partial charge in [-0.05, 0) is 11.5 Å². The van der Waals surface area contributed by atoms with Crippen LogP contribution in [0.15, 0.2) is 30.3 Å². The summed E-state index contributed by atoms with van der Waals surface area (Å²) in [6.07, 6.45) is -0.748. The van der Waals surface area contributed by atoms with E-state index in [1.54, 1.807) is 12.1 Å². The fraction of sp³-hybridized carbons (Fsp3) is 0.467. The standard InChI is InChI=1S/C15H21NO4/c1-10(2)12(15(18)20-4)16-14(17)13(19-3)11-8-6-5-7-9-11/h5-10,12-13H,1-4H3,(H,16,17). The number of methoxy groups -OCH3 is 2. The molecule has 0 saturated heterocycles. The number of benzene rings is 1. The van der Waals surface area contributed by atoms with Crippen molar-refractivity contribution in [2.75, 3.05) is 14.2 Å². The van der Waals surface area contributed by atoms with E-state index in [0.29, 0.717) is 0 Å². The van der Waals surface area contributed by atoms with Crippen LogP contribution in [-0.2, 0) is 19.1 Å². The van der Waals surface area contributed by atoms with E-state index in [2.05, 4.69) is 5.32 Å². The average molecular weight is 279 g/mol. The number of carbonyl (C=O) groups is 2. The van der Waals surface area contributed by atoms with E-state index < -0.39 is 18.1 Å². The molecule has 5 heteroatoms. The van der Waals surface area contributed by atoms with Gasteiger partial charge in [0.2, 0.25) is 0 Å². The highest BCUT2D eigenvalue weighted by atomic mass is 16.5. The van der Waals surface area contributed by atoms with Gasteiger partial charge < -0.3 is 14.8 Å². The van der Waals surface area contributed by atoms with E-state index in [-0.39, 0.29) is 11.8 Å². The quantitative estimate of drug-likeness (QED) is 0.805. The summed E-state index contributed by atoms with van der Waals surface area (Å²) in [5, 5.41) is 2.68. The number of amides is 1. The summed E-state index contributed by atoms with van der Waals surface area (Å²) in [7, 11) is 2.76. The van der Waals surface area contributed by atoms with Crippen LogP contribution in [0.25, 0.3) is 0 Å². The summed E-state index contributed by atoms with van der Waals surface area (Å²) in [6.45, 7) is 3.68. The lowest BCUT2D eigenvalue weighted by Gasteiger charge is -2.23. The zero-order valence-electron chi connectivity index (χ0n) is 12.3. The van der Waals surface area contributed by atoms with Crippen molar-refractivity contribution in [3.63, 3.8) is 0 Å². The van der Waals surface area contributed by atoms with Gasteiger partial charge in [-0.15, -0.1) is 0 Å². The second-order valence-corrected chi connectivity index (χ2v) is 4.78. The molecular weight excluding hydrogens is 258 g/mol. The third kappa shape index (κ3) is 4.06. The summed E-state index contributed by atoms with van der Waals surface area (Å²) in [6, 6.07) is 8.43. The molecule has 0 bridgehead atoms. The zero-order valence-corrected chi connectivity index (χ0v) is 12.3. The van der Waals surface area contributed by atoms with E-state index in [0.717, 1.165) is 5.56 Å². The molecule has 1 amide bonds. The van der Waals surface area contributed by atoms with Crippen molar-refractivity contribution < 1.29 is 19.1 Å². The number of ether oxygens (including phenoxy) is 2. The molecule has 0 radical (unpaired) electrons. The van der Waals surface area contributed by atoms with Gasteiger partial charge in [0.15, 0.2) is 6.10 Å². The molecule has 2 atom stereocenters. The first-order chi connectivity index (χ1) is 9.51. The number of esters is 1. The molecule has 110 valence electrons. The topological polar surface area (TPSA) is 64.6 Å². The van der Waals surface area contributed by atoms with Crippen LogP contribution in [0.5, 0.6) is 0 Å². The van der Waals surface area contributed by atoms with Gasteiger partial charge in [0.1, 0.15) is 6.04 Å². The number of hydrogen-bond acceptors (Lipinski definition) is 4. The predicted molar refractivity (Wildman–Crippen MR) is 75.0 cm³/mol. The number of carbonyl (C=O) groups excluding carboxylic acids is 2. The molecule has 0 spiro atoms. The molecule has 1 aromatic rings. The van der Waals surface area contributed by atoms with E-state index in [1.807, 2.05) is 32.0 Å². The molecule has 0 heterocycles. The van der Waals surface area contributed by atoms with Crippen LogP contribution in [-0.4, -0.2) is 32.1 Å².